The van der Waals surface area contributed by atoms with Gasteiger partial charge in [0, 0.05) is 11.8 Å². The van der Waals surface area contributed by atoms with Gasteiger partial charge in [0.25, 0.3) is 0 Å². The quantitative estimate of drug-likeness (QED) is 0.924. The summed E-state index contributed by atoms with van der Waals surface area (Å²) in [7, 11) is 0. The van der Waals surface area contributed by atoms with E-state index in [2.05, 4.69) is 15.5 Å². The topological polar surface area (TPSA) is 68.0 Å². The van der Waals surface area contributed by atoms with Crippen LogP contribution in [0.25, 0.3) is 0 Å². The van der Waals surface area contributed by atoms with E-state index in [1.165, 1.54) is 38.5 Å². The minimum Gasteiger partial charge on any atom is -0.348 e. The number of amides is 1. The Balaban J connectivity index is 1.48. The fourth-order valence-electron chi connectivity index (χ4n) is 3.53. The maximum atomic E-state index is 12.1. The van der Waals surface area contributed by atoms with Gasteiger partial charge in [-0.15, -0.1) is 0 Å². The third kappa shape index (κ3) is 3.83. The number of aromatic nitrogens is 2. The average Bonchev–Trinajstić information content (AvgIpc) is 3.03. The van der Waals surface area contributed by atoms with E-state index in [9.17, 15) is 4.79 Å². The predicted octanol–water partition coefficient (Wildman–Crippen LogP) is 3.31. The van der Waals surface area contributed by atoms with Crippen molar-refractivity contribution in [1.82, 2.24) is 15.5 Å². The smallest absolute Gasteiger partial charge is 0.229 e. The first-order chi connectivity index (χ1) is 10.3. The Morgan fingerprint density at radius 2 is 1.71 bits per heavy atom. The largest absolute Gasteiger partial charge is 0.348 e. The van der Waals surface area contributed by atoms with Crippen LogP contribution in [0.5, 0.6) is 0 Å². The van der Waals surface area contributed by atoms with E-state index < -0.39 is 0 Å². The lowest BCUT2D eigenvalue weighted by atomic mass is 9.89. The van der Waals surface area contributed by atoms with Crippen LogP contribution in [0.2, 0.25) is 0 Å². The van der Waals surface area contributed by atoms with E-state index in [4.69, 9.17) is 4.52 Å². The summed E-state index contributed by atoms with van der Waals surface area (Å²) in [6.07, 6.45) is 11.8. The fourth-order valence-corrected chi connectivity index (χ4v) is 3.53. The molecular formula is C16H25N3O2. The highest BCUT2D eigenvalue weighted by Gasteiger charge is 2.23. The van der Waals surface area contributed by atoms with E-state index >= 15 is 0 Å². The highest BCUT2D eigenvalue weighted by atomic mass is 16.5. The Morgan fingerprint density at radius 1 is 1.05 bits per heavy atom. The minimum absolute atomic E-state index is 0.152. The summed E-state index contributed by atoms with van der Waals surface area (Å²) in [6.45, 7) is 0.394. The molecule has 0 aliphatic heterocycles. The molecule has 2 aliphatic rings. The molecule has 0 radical (unpaired) electrons. The Hall–Kier alpha value is -1.39. The van der Waals surface area contributed by atoms with Crippen molar-refractivity contribution in [3.63, 3.8) is 0 Å². The molecule has 1 aromatic heterocycles. The first kappa shape index (κ1) is 14.5. The Labute approximate surface area is 125 Å². The number of carbonyl (C=O) groups excluding carboxylic acids is 1. The standard InChI is InChI=1S/C16H25N3O2/c20-15(12-7-3-1-4-8-12)17-11-14-18-16(21-19-14)13-9-5-2-6-10-13/h12-13H,1-11H2,(H,17,20). The van der Waals surface area contributed by atoms with Crippen molar-refractivity contribution >= 4 is 5.91 Å². The zero-order chi connectivity index (χ0) is 14.5. The Kier molecular flexibility index (Phi) is 4.88. The molecule has 2 saturated carbocycles. The molecule has 116 valence electrons. The molecule has 1 aromatic rings. The van der Waals surface area contributed by atoms with E-state index in [-0.39, 0.29) is 11.8 Å². The number of carbonyl (C=O) groups is 1. The lowest BCUT2D eigenvalue weighted by Crippen LogP contribution is -2.31. The van der Waals surface area contributed by atoms with Crippen molar-refractivity contribution in [3.05, 3.63) is 11.7 Å². The van der Waals surface area contributed by atoms with Crippen LogP contribution in [0, 0.1) is 5.92 Å². The molecular weight excluding hydrogens is 266 g/mol. The zero-order valence-corrected chi connectivity index (χ0v) is 12.6. The molecule has 0 atom stereocenters. The minimum atomic E-state index is 0.152. The molecule has 21 heavy (non-hydrogen) atoms. The number of hydrogen-bond acceptors (Lipinski definition) is 4. The second-order valence-corrected chi connectivity index (χ2v) is 6.44. The summed E-state index contributed by atoms with van der Waals surface area (Å²) >= 11 is 0. The van der Waals surface area contributed by atoms with Crippen LogP contribution in [0.1, 0.15) is 81.8 Å². The van der Waals surface area contributed by atoms with Gasteiger partial charge in [-0.1, -0.05) is 43.7 Å². The molecule has 1 heterocycles. The van der Waals surface area contributed by atoms with Gasteiger partial charge in [-0.25, -0.2) is 0 Å². The van der Waals surface area contributed by atoms with Crippen molar-refractivity contribution in [2.75, 3.05) is 0 Å². The van der Waals surface area contributed by atoms with Crippen LogP contribution in [-0.4, -0.2) is 16.0 Å². The molecule has 0 bridgehead atoms. The zero-order valence-electron chi connectivity index (χ0n) is 12.6. The van der Waals surface area contributed by atoms with Crippen LogP contribution < -0.4 is 5.32 Å². The van der Waals surface area contributed by atoms with Crippen molar-refractivity contribution in [3.8, 4) is 0 Å². The molecule has 2 fully saturated rings. The van der Waals surface area contributed by atoms with Gasteiger partial charge in [0.2, 0.25) is 11.8 Å². The molecule has 1 N–H and O–H groups in total. The van der Waals surface area contributed by atoms with E-state index in [0.29, 0.717) is 18.3 Å². The second kappa shape index (κ2) is 7.05. The molecule has 2 aliphatic carbocycles. The predicted molar refractivity (Wildman–Crippen MR) is 78.5 cm³/mol. The summed E-state index contributed by atoms with van der Waals surface area (Å²) < 4.78 is 5.37. The SMILES string of the molecule is O=C(NCc1noc(C2CCCCC2)n1)C1CCCCC1. The number of rotatable bonds is 4. The van der Waals surface area contributed by atoms with Crippen molar-refractivity contribution < 1.29 is 9.32 Å². The summed E-state index contributed by atoms with van der Waals surface area (Å²) in [6, 6.07) is 0. The van der Waals surface area contributed by atoms with Gasteiger partial charge < -0.3 is 9.84 Å². The number of nitrogens with zero attached hydrogens (tertiary/aromatic N) is 2. The van der Waals surface area contributed by atoms with Crippen molar-refractivity contribution in [2.45, 2.75) is 76.7 Å². The molecule has 5 nitrogen and oxygen atoms in total. The highest BCUT2D eigenvalue weighted by Crippen LogP contribution is 2.31. The summed E-state index contributed by atoms with van der Waals surface area (Å²) in [4.78, 5) is 16.5. The summed E-state index contributed by atoms with van der Waals surface area (Å²) in [5, 5.41) is 6.97. The lowest BCUT2D eigenvalue weighted by molar-refractivity contribution is -0.126. The Morgan fingerprint density at radius 3 is 2.43 bits per heavy atom. The maximum absolute atomic E-state index is 12.1. The van der Waals surface area contributed by atoms with E-state index in [0.717, 1.165) is 31.6 Å². The van der Waals surface area contributed by atoms with Gasteiger partial charge in [0.15, 0.2) is 5.82 Å². The maximum Gasteiger partial charge on any atom is 0.229 e. The summed E-state index contributed by atoms with van der Waals surface area (Å²) in [5.41, 5.74) is 0. The van der Waals surface area contributed by atoms with Crippen LogP contribution >= 0.6 is 0 Å². The lowest BCUT2D eigenvalue weighted by Gasteiger charge is -2.20. The van der Waals surface area contributed by atoms with Crippen molar-refractivity contribution in [1.29, 1.82) is 0 Å². The van der Waals surface area contributed by atoms with E-state index in [1.54, 1.807) is 0 Å². The van der Waals surface area contributed by atoms with Crippen LogP contribution in [-0.2, 0) is 11.3 Å². The van der Waals surface area contributed by atoms with Crippen molar-refractivity contribution in [2.24, 2.45) is 5.92 Å². The van der Waals surface area contributed by atoms with Gasteiger partial charge in [-0.2, -0.15) is 4.98 Å². The third-order valence-electron chi connectivity index (χ3n) is 4.83. The Bertz CT molecular complexity index is 460. The monoisotopic (exact) mass is 291 g/mol. The molecule has 0 spiro atoms. The molecule has 0 unspecified atom stereocenters. The van der Waals surface area contributed by atoms with Gasteiger partial charge in [-0.05, 0) is 25.7 Å². The molecule has 3 rings (SSSR count). The van der Waals surface area contributed by atoms with Gasteiger partial charge in [-0.3, -0.25) is 4.79 Å². The number of nitrogens with one attached hydrogen (secondary N) is 1. The van der Waals surface area contributed by atoms with Gasteiger partial charge >= 0.3 is 0 Å². The average molecular weight is 291 g/mol. The van der Waals surface area contributed by atoms with Gasteiger partial charge in [0.05, 0.1) is 6.54 Å². The van der Waals surface area contributed by atoms with E-state index in [1.807, 2.05) is 0 Å². The first-order valence-electron chi connectivity index (χ1n) is 8.43. The normalized spacial score (nSPS) is 21.3. The first-order valence-corrected chi connectivity index (χ1v) is 8.43. The fraction of sp³-hybridized carbons (Fsp3) is 0.812. The van der Waals surface area contributed by atoms with Crippen LogP contribution in [0.4, 0.5) is 0 Å². The summed E-state index contributed by atoms with van der Waals surface area (Å²) in [5.74, 6) is 2.13. The molecule has 1 amide bonds. The van der Waals surface area contributed by atoms with Crippen LogP contribution in [0.15, 0.2) is 4.52 Å². The van der Waals surface area contributed by atoms with Crippen LogP contribution in [0.3, 0.4) is 0 Å². The molecule has 0 aromatic carbocycles. The highest BCUT2D eigenvalue weighted by molar-refractivity contribution is 5.78. The molecule has 5 heteroatoms. The second-order valence-electron chi connectivity index (χ2n) is 6.44. The number of hydrogen-bond donors (Lipinski definition) is 1. The third-order valence-corrected chi connectivity index (χ3v) is 4.83. The van der Waals surface area contributed by atoms with Gasteiger partial charge in [0.1, 0.15) is 0 Å². The molecule has 0 saturated heterocycles.